The van der Waals surface area contributed by atoms with Gasteiger partial charge in [0.25, 0.3) is 5.91 Å². The minimum Gasteiger partial charge on any atom is -0.455 e. The lowest BCUT2D eigenvalue weighted by Crippen LogP contribution is -2.21. The molecule has 0 radical (unpaired) electrons. The molecule has 110 valence electrons. The normalized spacial score (nSPS) is 16.7. The van der Waals surface area contributed by atoms with Gasteiger partial charge >= 0.3 is 5.97 Å². The van der Waals surface area contributed by atoms with Crippen LogP contribution in [0.5, 0.6) is 0 Å². The number of rotatable bonds is 4. The molecule has 1 saturated carbocycles. The maximum atomic E-state index is 11.8. The Labute approximate surface area is 126 Å². The first-order valence-corrected chi connectivity index (χ1v) is 8.02. The maximum Gasteiger partial charge on any atom is 0.309 e. The van der Waals surface area contributed by atoms with Gasteiger partial charge < -0.3 is 10.1 Å². The minimum atomic E-state index is -0.376. The number of esters is 1. The molecule has 0 saturated heterocycles. The van der Waals surface area contributed by atoms with E-state index in [1.165, 1.54) is 16.2 Å². The number of anilines is 1. The van der Waals surface area contributed by atoms with Crippen molar-refractivity contribution in [2.45, 2.75) is 38.5 Å². The molecule has 1 aromatic rings. The van der Waals surface area contributed by atoms with Crippen LogP contribution in [-0.2, 0) is 27.2 Å². The molecule has 1 fully saturated rings. The Morgan fingerprint density at radius 3 is 2.81 bits per heavy atom. The van der Waals surface area contributed by atoms with E-state index in [0.29, 0.717) is 10.6 Å². The number of hydrogen-bond acceptors (Lipinski definition) is 5. The SMILES string of the molecule is N#Cc1c(NC(=O)COC(=O)C2CC2)sc2c1CCCC2. The van der Waals surface area contributed by atoms with E-state index in [-0.39, 0.29) is 24.4 Å². The second-order valence-electron chi connectivity index (χ2n) is 5.46. The zero-order valence-electron chi connectivity index (χ0n) is 11.6. The molecule has 3 rings (SSSR count). The van der Waals surface area contributed by atoms with Crippen molar-refractivity contribution in [1.82, 2.24) is 0 Å². The van der Waals surface area contributed by atoms with Crippen molar-refractivity contribution < 1.29 is 14.3 Å². The van der Waals surface area contributed by atoms with Crippen molar-refractivity contribution in [3.63, 3.8) is 0 Å². The highest BCUT2D eigenvalue weighted by Crippen LogP contribution is 2.37. The number of nitriles is 1. The van der Waals surface area contributed by atoms with Crippen molar-refractivity contribution in [1.29, 1.82) is 5.26 Å². The smallest absolute Gasteiger partial charge is 0.309 e. The van der Waals surface area contributed by atoms with Gasteiger partial charge in [0, 0.05) is 4.88 Å². The number of carbonyl (C=O) groups is 2. The van der Waals surface area contributed by atoms with Crippen LogP contribution in [-0.4, -0.2) is 18.5 Å². The fourth-order valence-corrected chi connectivity index (χ4v) is 3.76. The summed E-state index contributed by atoms with van der Waals surface area (Å²) >= 11 is 1.47. The van der Waals surface area contributed by atoms with Crippen molar-refractivity contribution in [3.05, 3.63) is 16.0 Å². The van der Waals surface area contributed by atoms with E-state index in [4.69, 9.17) is 4.74 Å². The fraction of sp³-hybridized carbons (Fsp3) is 0.533. The Morgan fingerprint density at radius 2 is 2.10 bits per heavy atom. The standard InChI is InChI=1S/C15H16N2O3S/c16-7-11-10-3-1-2-4-12(10)21-14(11)17-13(18)8-20-15(19)9-5-6-9/h9H,1-6,8H2,(H,17,18). The number of ether oxygens (including phenoxy) is 1. The number of aryl methyl sites for hydroxylation is 1. The summed E-state index contributed by atoms with van der Waals surface area (Å²) in [7, 11) is 0. The highest BCUT2D eigenvalue weighted by molar-refractivity contribution is 7.16. The van der Waals surface area contributed by atoms with Crippen molar-refractivity contribution in [2.24, 2.45) is 5.92 Å². The van der Waals surface area contributed by atoms with Gasteiger partial charge in [0.05, 0.1) is 11.5 Å². The van der Waals surface area contributed by atoms with Gasteiger partial charge in [0.15, 0.2) is 6.61 Å². The third-order valence-corrected chi connectivity index (χ3v) is 5.00. The van der Waals surface area contributed by atoms with Crippen molar-refractivity contribution in [2.75, 3.05) is 11.9 Å². The Kier molecular flexibility index (Phi) is 3.93. The lowest BCUT2D eigenvalue weighted by atomic mass is 9.96. The summed E-state index contributed by atoms with van der Waals surface area (Å²) in [5, 5.41) is 12.6. The number of carbonyl (C=O) groups excluding carboxylic acids is 2. The number of nitrogens with zero attached hydrogens (tertiary/aromatic N) is 1. The molecule has 21 heavy (non-hydrogen) atoms. The van der Waals surface area contributed by atoms with E-state index < -0.39 is 0 Å². The van der Waals surface area contributed by atoms with Gasteiger partial charge in [-0.15, -0.1) is 11.3 Å². The molecule has 0 unspecified atom stereocenters. The van der Waals surface area contributed by atoms with Gasteiger partial charge in [-0.2, -0.15) is 5.26 Å². The van der Waals surface area contributed by atoms with Gasteiger partial charge in [-0.3, -0.25) is 9.59 Å². The van der Waals surface area contributed by atoms with Crippen LogP contribution in [0.1, 0.15) is 41.7 Å². The van der Waals surface area contributed by atoms with Crippen LogP contribution in [0.2, 0.25) is 0 Å². The predicted molar refractivity (Wildman–Crippen MR) is 78.0 cm³/mol. The van der Waals surface area contributed by atoms with Crippen molar-refractivity contribution >= 4 is 28.2 Å². The predicted octanol–water partition coefficient (Wildman–Crippen LogP) is 2.39. The van der Waals surface area contributed by atoms with E-state index >= 15 is 0 Å². The number of hydrogen-bond donors (Lipinski definition) is 1. The first-order valence-electron chi connectivity index (χ1n) is 7.20. The molecule has 0 bridgehead atoms. The second kappa shape index (κ2) is 5.86. The average molecular weight is 304 g/mol. The maximum absolute atomic E-state index is 11.8. The molecule has 2 aliphatic carbocycles. The molecule has 0 aliphatic heterocycles. The Bertz CT molecular complexity index is 626. The third kappa shape index (κ3) is 3.08. The summed E-state index contributed by atoms with van der Waals surface area (Å²) in [4.78, 5) is 24.4. The van der Waals surface area contributed by atoms with E-state index in [9.17, 15) is 14.9 Å². The molecule has 2 aliphatic rings. The average Bonchev–Trinajstić information content (AvgIpc) is 3.27. The van der Waals surface area contributed by atoms with E-state index in [1.807, 2.05) is 0 Å². The number of fused-ring (bicyclic) bond motifs is 1. The Morgan fingerprint density at radius 1 is 1.33 bits per heavy atom. The van der Waals surface area contributed by atoms with Gasteiger partial charge in [0.1, 0.15) is 11.1 Å². The minimum absolute atomic E-state index is 0.0125. The van der Waals surface area contributed by atoms with Gasteiger partial charge in [-0.25, -0.2) is 0 Å². The van der Waals surface area contributed by atoms with Crippen LogP contribution in [0.3, 0.4) is 0 Å². The molecule has 1 amide bonds. The molecular weight excluding hydrogens is 288 g/mol. The topological polar surface area (TPSA) is 79.2 Å². The third-order valence-electron chi connectivity index (χ3n) is 3.79. The number of nitrogens with one attached hydrogen (secondary N) is 1. The lowest BCUT2D eigenvalue weighted by molar-refractivity contribution is -0.148. The molecule has 0 aromatic carbocycles. The monoisotopic (exact) mass is 304 g/mol. The van der Waals surface area contributed by atoms with Crippen LogP contribution < -0.4 is 5.32 Å². The Balaban J connectivity index is 1.64. The van der Waals surface area contributed by atoms with Gasteiger partial charge in [0.2, 0.25) is 0 Å². The highest BCUT2D eigenvalue weighted by Gasteiger charge is 2.31. The highest BCUT2D eigenvalue weighted by atomic mass is 32.1. The second-order valence-corrected chi connectivity index (χ2v) is 6.56. The lowest BCUT2D eigenvalue weighted by Gasteiger charge is -2.09. The molecule has 0 atom stereocenters. The van der Waals surface area contributed by atoms with Crippen LogP contribution in [0.25, 0.3) is 0 Å². The zero-order chi connectivity index (χ0) is 14.8. The van der Waals surface area contributed by atoms with Crippen molar-refractivity contribution in [3.8, 4) is 6.07 Å². The molecule has 1 heterocycles. The van der Waals surface area contributed by atoms with Crippen LogP contribution in [0, 0.1) is 17.2 Å². The molecule has 0 spiro atoms. The number of thiophene rings is 1. The Hall–Kier alpha value is -1.87. The quantitative estimate of drug-likeness (QED) is 0.866. The summed E-state index contributed by atoms with van der Waals surface area (Å²) in [5.41, 5.74) is 1.66. The molecule has 1 N–H and O–H groups in total. The van der Waals surface area contributed by atoms with Gasteiger partial charge in [-0.05, 0) is 44.1 Å². The van der Waals surface area contributed by atoms with Gasteiger partial charge in [-0.1, -0.05) is 0 Å². The molecule has 1 aromatic heterocycles. The molecular formula is C15H16N2O3S. The van der Waals surface area contributed by atoms with Crippen LogP contribution in [0.4, 0.5) is 5.00 Å². The summed E-state index contributed by atoms with van der Waals surface area (Å²) in [6.45, 7) is -0.275. The molecule has 6 heteroatoms. The molecule has 5 nitrogen and oxygen atoms in total. The van der Waals surface area contributed by atoms with E-state index in [0.717, 1.165) is 44.1 Å². The first-order chi connectivity index (χ1) is 10.2. The van der Waals surface area contributed by atoms with E-state index in [2.05, 4.69) is 11.4 Å². The summed E-state index contributed by atoms with van der Waals surface area (Å²) in [6.07, 6.45) is 5.81. The fourth-order valence-electron chi connectivity index (χ4n) is 2.51. The summed E-state index contributed by atoms with van der Waals surface area (Å²) < 4.78 is 4.95. The first kappa shape index (κ1) is 14.1. The summed E-state index contributed by atoms with van der Waals surface area (Å²) in [5.74, 6) is -0.684. The number of amides is 1. The largest absolute Gasteiger partial charge is 0.455 e. The summed E-state index contributed by atoms with van der Waals surface area (Å²) in [6, 6.07) is 2.19. The van der Waals surface area contributed by atoms with Crippen LogP contribution in [0.15, 0.2) is 0 Å². The zero-order valence-corrected chi connectivity index (χ0v) is 12.4. The van der Waals surface area contributed by atoms with Crippen LogP contribution >= 0.6 is 11.3 Å². The van der Waals surface area contributed by atoms with E-state index in [1.54, 1.807) is 0 Å².